The number of aliphatic hydroxyl groups excluding tert-OH is 1. The van der Waals surface area contributed by atoms with E-state index in [0.29, 0.717) is 17.1 Å². The fraction of sp³-hybridized carbons (Fsp3) is 0.0769. The van der Waals surface area contributed by atoms with Gasteiger partial charge in [0.1, 0.15) is 17.2 Å². The van der Waals surface area contributed by atoms with Crippen LogP contribution in [0.1, 0.15) is 16.1 Å². The summed E-state index contributed by atoms with van der Waals surface area (Å²) in [5.74, 6) is -0.150. The minimum atomic E-state index is -1.09. The fourth-order valence-corrected chi connectivity index (χ4v) is 1.43. The van der Waals surface area contributed by atoms with E-state index in [9.17, 15) is 4.79 Å². The number of carbonyl (C=O) groups is 1. The van der Waals surface area contributed by atoms with E-state index >= 15 is 0 Å². The largest absolute Gasteiger partial charge is 0.477 e. The van der Waals surface area contributed by atoms with E-state index in [2.05, 4.69) is 4.98 Å². The lowest BCUT2D eigenvalue weighted by molar-refractivity contribution is 0.0690. The molecule has 2 aromatic rings. The number of carboxylic acids is 1. The molecule has 1 aromatic carbocycles. The molecule has 92 valence electrons. The van der Waals surface area contributed by atoms with Crippen LogP contribution in [0.5, 0.6) is 11.5 Å². The molecule has 2 N–H and O–H groups in total. The molecule has 1 heterocycles. The van der Waals surface area contributed by atoms with E-state index in [1.165, 1.54) is 18.3 Å². The third kappa shape index (κ3) is 2.64. The van der Waals surface area contributed by atoms with Crippen LogP contribution in [0, 0.1) is 0 Å². The number of rotatable bonds is 4. The molecule has 5 nitrogen and oxygen atoms in total. The van der Waals surface area contributed by atoms with Crippen molar-refractivity contribution in [3.05, 3.63) is 53.9 Å². The highest BCUT2D eigenvalue weighted by atomic mass is 16.5. The van der Waals surface area contributed by atoms with E-state index in [1.807, 2.05) is 0 Å². The average Bonchev–Trinajstić information content (AvgIpc) is 2.40. The van der Waals surface area contributed by atoms with E-state index < -0.39 is 5.97 Å². The molecule has 0 spiro atoms. The van der Waals surface area contributed by atoms with Gasteiger partial charge in [-0.15, -0.1) is 0 Å². The molecule has 0 unspecified atom stereocenters. The van der Waals surface area contributed by atoms with Crippen molar-refractivity contribution in [3.8, 4) is 11.5 Å². The Balaban J connectivity index is 2.21. The Hall–Kier alpha value is -2.40. The second-order valence-corrected chi connectivity index (χ2v) is 3.55. The van der Waals surface area contributed by atoms with Crippen molar-refractivity contribution in [2.24, 2.45) is 0 Å². The first-order valence-electron chi connectivity index (χ1n) is 5.26. The van der Waals surface area contributed by atoms with Gasteiger partial charge >= 0.3 is 5.97 Å². The highest BCUT2D eigenvalue weighted by molar-refractivity contribution is 5.85. The van der Waals surface area contributed by atoms with Gasteiger partial charge in [-0.25, -0.2) is 9.78 Å². The Morgan fingerprint density at radius 1 is 1.22 bits per heavy atom. The van der Waals surface area contributed by atoms with Crippen LogP contribution in [0.2, 0.25) is 0 Å². The van der Waals surface area contributed by atoms with Crippen LogP contribution in [0.4, 0.5) is 0 Å². The summed E-state index contributed by atoms with van der Waals surface area (Å²) in [6.07, 6.45) is 1.33. The topological polar surface area (TPSA) is 79.7 Å². The molecular weight excluding hydrogens is 234 g/mol. The van der Waals surface area contributed by atoms with Gasteiger partial charge in [-0.1, -0.05) is 18.2 Å². The molecule has 0 fully saturated rings. The molecule has 0 saturated carbocycles. The summed E-state index contributed by atoms with van der Waals surface area (Å²) < 4.78 is 5.52. The summed E-state index contributed by atoms with van der Waals surface area (Å²) in [6.45, 7) is -0.128. The summed E-state index contributed by atoms with van der Waals surface area (Å²) in [4.78, 5) is 14.4. The van der Waals surface area contributed by atoms with Gasteiger partial charge < -0.3 is 14.9 Å². The molecule has 0 aliphatic heterocycles. The number of ether oxygens (including phenoxy) is 1. The summed E-state index contributed by atoms with van der Waals surface area (Å²) in [5, 5.41) is 17.9. The van der Waals surface area contributed by atoms with Gasteiger partial charge in [-0.2, -0.15) is 0 Å². The van der Waals surface area contributed by atoms with Crippen molar-refractivity contribution < 1.29 is 19.7 Å². The lowest BCUT2D eigenvalue weighted by Crippen LogP contribution is -1.99. The molecule has 0 aliphatic carbocycles. The number of para-hydroxylation sites is 1. The lowest BCUT2D eigenvalue weighted by Gasteiger charge is -2.08. The fourth-order valence-electron chi connectivity index (χ4n) is 1.43. The zero-order chi connectivity index (χ0) is 13.0. The van der Waals surface area contributed by atoms with Gasteiger partial charge in [0, 0.05) is 5.56 Å². The molecule has 2 rings (SSSR count). The Bertz CT molecular complexity index is 551. The first kappa shape index (κ1) is 12.1. The standard InChI is InChI=1S/C13H11NO4/c15-8-9-3-1-2-4-12(9)18-10-5-6-11(13(16)17)14-7-10/h1-7,15H,8H2,(H,16,17). The van der Waals surface area contributed by atoms with Gasteiger partial charge in [-0.05, 0) is 18.2 Å². The van der Waals surface area contributed by atoms with Crippen molar-refractivity contribution in [1.29, 1.82) is 0 Å². The molecule has 18 heavy (non-hydrogen) atoms. The summed E-state index contributed by atoms with van der Waals surface area (Å²) in [6, 6.07) is 9.92. The van der Waals surface area contributed by atoms with Gasteiger partial charge in [0.05, 0.1) is 12.8 Å². The summed E-state index contributed by atoms with van der Waals surface area (Å²) in [7, 11) is 0. The van der Waals surface area contributed by atoms with Crippen molar-refractivity contribution in [2.75, 3.05) is 0 Å². The third-order valence-corrected chi connectivity index (χ3v) is 2.33. The Morgan fingerprint density at radius 2 is 2.00 bits per heavy atom. The van der Waals surface area contributed by atoms with E-state index in [-0.39, 0.29) is 12.3 Å². The summed E-state index contributed by atoms with van der Waals surface area (Å²) in [5.41, 5.74) is 0.609. The number of aromatic carboxylic acids is 1. The third-order valence-electron chi connectivity index (χ3n) is 2.33. The van der Waals surface area contributed by atoms with Crippen LogP contribution >= 0.6 is 0 Å². The number of nitrogens with zero attached hydrogens (tertiary/aromatic N) is 1. The molecule has 1 aromatic heterocycles. The number of carboxylic acid groups (broad SMARTS) is 1. The molecule has 0 atom stereocenters. The average molecular weight is 245 g/mol. The number of benzene rings is 1. The smallest absolute Gasteiger partial charge is 0.354 e. The minimum absolute atomic E-state index is 0.0437. The lowest BCUT2D eigenvalue weighted by atomic mass is 10.2. The Labute approximate surface area is 103 Å². The highest BCUT2D eigenvalue weighted by Crippen LogP contribution is 2.24. The highest BCUT2D eigenvalue weighted by Gasteiger charge is 2.06. The Kier molecular flexibility index (Phi) is 3.54. The van der Waals surface area contributed by atoms with Gasteiger partial charge in [0.15, 0.2) is 0 Å². The van der Waals surface area contributed by atoms with Gasteiger partial charge in [0.2, 0.25) is 0 Å². The zero-order valence-corrected chi connectivity index (χ0v) is 9.41. The molecule has 0 saturated heterocycles. The van der Waals surface area contributed by atoms with Crippen molar-refractivity contribution in [3.63, 3.8) is 0 Å². The van der Waals surface area contributed by atoms with Crippen LogP contribution in [0.3, 0.4) is 0 Å². The van der Waals surface area contributed by atoms with Crippen molar-refractivity contribution >= 4 is 5.97 Å². The zero-order valence-electron chi connectivity index (χ0n) is 9.41. The van der Waals surface area contributed by atoms with Gasteiger partial charge in [-0.3, -0.25) is 0 Å². The molecule has 0 amide bonds. The van der Waals surface area contributed by atoms with E-state index in [0.717, 1.165) is 0 Å². The number of aliphatic hydroxyl groups is 1. The molecular formula is C13H11NO4. The molecule has 0 aliphatic rings. The summed E-state index contributed by atoms with van der Waals surface area (Å²) >= 11 is 0. The number of hydrogen-bond acceptors (Lipinski definition) is 4. The monoisotopic (exact) mass is 245 g/mol. The molecule has 0 radical (unpaired) electrons. The second-order valence-electron chi connectivity index (χ2n) is 3.55. The van der Waals surface area contributed by atoms with Crippen molar-refractivity contribution in [2.45, 2.75) is 6.61 Å². The SMILES string of the molecule is O=C(O)c1ccc(Oc2ccccc2CO)cn1. The predicted octanol–water partition coefficient (Wildman–Crippen LogP) is 2.06. The van der Waals surface area contributed by atoms with E-state index in [4.69, 9.17) is 14.9 Å². The van der Waals surface area contributed by atoms with Crippen LogP contribution in [0.15, 0.2) is 42.6 Å². The Morgan fingerprint density at radius 3 is 2.61 bits per heavy atom. The maximum atomic E-state index is 10.6. The van der Waals surface area contributed by atoms with Crippen LogP contribution in [0.25, 0.3) is 0 Å². The quantitative estimate of drug-likeness (QED) is 0.861. The number of hydrogen-bond donors (Lipinski definition) is 2. The van der Waals surface area contributed by atoms with Crippen LogP contribution in [-0.2, 0) is 6.61 Å². The molecule has 0 bridgehead atoms. The first-order valence-corrected chi connectivity index (χ1v) is 5.26. The maximum Gasteiger partial charge on any atom is 0.354 e. The molecule has 5 heteroatoms. The minimum Gasteiger partial charge on any atom is -0.477 e. The predicted molar refractivity (Wildman–Crippen MR) is 63.6 cm³/mol. The number of pyridine rings is 1. The van der Waals surface area contributed by atoms with E-state index in [1.54, 1.807) is 24.3 Å². The number of aromatic nitrogens is 1. The first-order chi connectivity index (χ1) is 8.70. The second kappa shape index (κ2) is 5.29. The normalized spacial score (nSPS) is 10.1. The van der Waals surface area contributed by atoms with Gasteiger partial charge in [0.25, 0.3) is 0 Å². The van der Waals surface area contributed by atoms with Crippen LogP contribution in [-0.4, -0.2) is 21.2 Å². The van der Waals surface area contributed by atoms with Crippen molar-refractivity contribution in [1.82, 2.24) is 4.98 Å². The van der Waals surface area contributed by atoms with Crippen LogP contribution < -0.4 is 4.74 Å². The maximum absolute atomic E-state index is 10.6.